The molecule has 25 heavy (non-hydrogen) atoms. The smallest absolute Gasteiger partial charge is 0.250 e. The van der Waals surface area contributed by atoms with Gasteiger partial charge in [0, 0.05) is 15.7 Å². The highest BCUT2D eigenvalue weighted by molar-refractivity contribution is 6.35. The van der Waals surface area contributed by atoms with E-state index in [2.05, 4.69) is 15.6 Å². The quantitative estimate of drug-likeness (QED) is 0.730. The standard InChI is InChI=1S/C17H12Cl2N4O2/c18-9-5-10(19)7-11(6-9)20-15(24)8-14-16(25)22-17-21-12-3-1-2-4-13(12)23(14)17/h1-7,14H,8H2,(H,20,24)(H,21,22,25). The summed E-state index contributed by atoms with van der Waals surface area (Å²) in [6.07, 6.45) is -0.0245. The number of rotatable bonds is 3. The van der Waals surface area contributed by atoms with Gasteiger partial charge >= 0.3 is 0 Å². The number of halogens is 2. The number of imidazole rings is 1. The molecule has 0 bridgehead atoms. The lowest BCUT2D eigenvalue weighted by Gasteiger charge is -2.12. The van der Waals surface area contributed by atoms with Gasteiger partial charge in [-0.1, -0.05) is 35.3 Å². The predicted octanol–water partition coefficient (Wildman–Crippen LogP) is 3.87. The first kappa shape index (κ1) is 15.9. The molecule has 4 rings (SSSR count). The molecule has 2 aromatic carbocycles. The lowest BCUT2D eigenvalue weighted by Crippen LogP contribution is -2.23. The largest absolute Gasteiger partial charge is 0.326 e. The molecule has 6 nitrogen and oxygen atoms in total. The molecule has 0 radical (unpaired) electrons. The number of carbonyl (C=O) groups is 2. The van der Waals surface area contributed by atoms with Gasteiger partial charge in [-0.3, -0.25) is 19.5 Å². The Balaban J connectivity index is 1.59. The molecular weight excluding hydrogens is 363 g/mol. The van der Waals surface area contributed by atoms with Crippen LogP contribution in [0, 0.1) is 0 Å². The second-order valence-electron chi connectivity index (χ2n) is 5.71. The van der Waals surface area contributed by atoms with Crippen molar-refractivity contribution in [3.05, 3.63) is 52.5 Å². The summed E-state index contributed by atoms with van der Waals surface area (Å²) < 4.78 is 1.75. The zero-order valence-electron chi connectivity index (χ0n) is 12.8. The molecule has 1 aromatic heterocycles. The summed E-state index contributed by atoms with van der Waals surface area (Å²) in [6, 6.07) is 11.6. The van der Waals surface area contributed by atoms with E-state index in [9.17, 15) is 9.59 Å². The molecule has 8 heteroatoms. The first-order chi connectivity index (χ1) is 12.0. The Hall–Kier alpha value is -2.57. The maximum atomic E-state index is 12.4. The molecule has 2 N–H and O–H groups in total. The fourth-order valence-electron chi connectivity index (χ4n) is 2.96. The van der Waals surface area contributed by atoms with Crippen molar-refractivity contribution in [1.82, 2.24) is 9.55 Å². The summed E-state index contributed by atoms with van der Waals surface area (Å²) in [6.45, 7) is 0. The summed E-state index contributed by atoms with van der Waals surface area (Å²) in [7, 11) is 0. The van der Waals surface area contributed by atoms with Gasteiger partial charge in [0.2, 0.25) is 17.8 Å². The lowest BCUT2D eigenvalue weighted by molar-refractivity contribution is -0.123. The Bertz CT molecular complexity index is 995. The number of hydrogen-bond donors (Lipinski definition) is 2. The first-order valence-corrected chi connectivity index (χ1v) is 8.30. The van der Waals surface area contributed by atoms with E-state index in [1.807, 2.05) is 24.3 Å². The second-order valence-corrected chi connectivity index (χ2v) is 6.58. The number of nitrogens with one attached hydrogen (secondary N) is 2. The van der Waals surface area contributed by atoms with Crippen LogP contribution in [0.4, 0.5) is 11.6 Å². The van der Waals surface area contributed by atoms with E-state index in [0.717, 1.165) is 11.0 Å². The topological polar surface area (TPSA) is 76.0 Å². The SMILES string of the molecule is O=C(CC1C(=O)Nc2nc3ccccc3n21)Nc1cc(Cl)cc(Cl)c1. The van der Waals surface area contributed by atoms with E-state index in [0.29, 0.717) is 21.7 Å². The van der Waals surface area contributed by atoms with Crippen LogP contribution in [0.5, 0.6) is 0 Å². The van der Waals surface area contributed by atoms with Crippen LogP contribution >= 0.6 is 23.2 Å². The number of carbonyl (C=O) groups excluding carboxylic acids is 2. The molecule has 0 fully saturated rings. The van der Waals surface area contributed by atoms with Gasteiger partial charge in [-0.25, -0.2) is 4.98 Å². The summed E-state index contributed by atoms with van der Waals surface area (Å²) in [5.74, 6) is -0.119. The van der Waals surface area contributed by atoms with Crippen molar-refractivity contribution in [3.63, 3.8) is 0 Å². The highest BCUT2D eigenvalue weighted by atomic mass is 35.5. The van der Waals surface area contributed by atoms with Gasteiger partial charge in [-0.15, -0.1) is 0 Å². The third-order valence-electron chi connectivity index (χ3n) is 3.97. The first-order valence-electron chi connectivity index (χ1n) is 7.55. The number of aromatic nitrogens is 2. The second kappa shape index (κ2) is 6.06. The van der Waals surface area contributed by atoms with Gasteiger partial charge in [-0.05, 0) is 30.3 Å². The zero-order valence-corrected chi connectivity index (χ0v) is 14.3. The Labute approximate surface area is 152 Å². The van der Waals surface area contributed by atoms with Gasteiger partial charge < -0.3 is 5.32 Å². The number of benzene rings is 2. The summed E-state index contributed by atoms with van der Waals surface area (Å²) in [5, 5.41) is 6.28. The fraction of sp³-hybridized carbons (Fsp3) is 0.118. The third kappa shape index (κ3) is 2.94. The molecule has 1 aliphatic rings. The number of amides is 2. The normalized spacial score (nSPS) is 15.9. The van der Waals surface area contributed by atoms with Crippen molar-refractivity contribution in [2.24, 2.45) is 0 Å². The molecule has 1 unspecified atom stereocenters. The van der Waals surface area contributed by atoms with E-state index in [-0.39, 0.29) is 18.2 Å². The van der Waals surface area contributed by atoms with Gasteiger partial charge in [0.05, 0.1) is 17.5 Å². The minimum atomic E-state index is -0.656. The number of hydrogen-bond acceptors (Lipinski definition) is 3. The van der Waals surface area contributed by atoms with Crippen LogP contribution in [0.1, 0.15) is 12.5 Å². The van der Waals surface area contributed by atoms with Crippen LogP contribution in [0.2, 0.25) is 10.0 Å². The third-order valence-corrected chi connectivity index (χ3v) is 4.41. The molecule has 0 aliphatic carbocycles. The van der Waals surface area contributed by atoms with Crippen molar-refractivity contribution in [1.29, 1.82) is 0 Å². The molecule has 2 amide bonds. The van der Waals surface area contributed by atoms with Crippen molar-refractivity contribution in [2.75, 3.05) is 10.6 Å². The maximum Gasteiger partial charge on any atom is 0.250 e. The van der Waals surface area contributed by atoms with Crippen molar-refractivity contribution in [3.8, 4) is 0 Å². The molecule has 0 saturated carbocycles. The van der Waals surface area contributed by atoms with Crippen LogP contribution < -0.4 is 10.6 Å². The summed E-state index contributed by atoms with van der Waals surface area (Å²) in [4.78, 5) is 29.0. The lowest BCUT2D eigenvalue weighted by atomic mass is 10.1. The Morgan fingerprint density at radius 1 is 1.20 bits per heavy atom. The highest BCUT2D eigenvalue weighted by Gasteiger charge is 2.34. The van der Waals surface area contributed by atoms with Gasteiger partial charge in [0.25, 0.3) is 0 Å². The van der Waals surface area contributed by atoms with Gasteiger partial charge in [-0.2, -0.15) is 0 Å². The Morgan fingerprint density at radius 3 is 2.68 bits per heavy atom. The molecule has 3 aromatic rings. The number of fused-ring (bicyclic) bond motifs is 3. The van der Waals surface area contributed by atoms with Crippen molar-refractivity contribution in [2.45, 2.75) is 12.5 Å². The van der Waals surface area contributed by atoms with E-state index < -0.39 is 6.04 Å². The van der Waals surface area contributed by atoms with E-state index >= 15 is 0 Å². The van der Waals surface area contributed by atoms with Crippen LogP contribution in [0.25, 0.3) is 11.0 Å². The van der Waals surface area contributed by atoms with Crippen molar-refractivity contribution < 1.29 is 9.59 Å². The molecule has 0 saturated heterocycles. The van der Waals surface area contributed by atoms with Gasteiger partial charge in [0.15, 0.2) is 0 Å². The van der Waals surface area contributed by atoms with Gasteiger partial charge in [0.1, 0.15) is 6.04 Å². The van der Waals surface area contributed by atoms with E-state index in [1.165, 1.54) is 0 Å². The molecule has 2 heterocycles. The molecule has 126 valence electrons. The maximum absolute atomic E-state index is 12.4. The average Bonchev–Trinajstić information content (AvgIpc) is 3.02. The van der Waals surface area contributed by atoms with E-state index in [4.69, 9.17) is 23.2 Å². The fourth-order valence-corrected chi connectivity index (χ4v) is 3.48. The zero-order chi connectivity index (χ0) is 17.6. The molecule has 1 aliphatic heterocycles. The van der Waals surface area contributed by atoms with E-state index in [1.54, 1.807) is 22.8 Å². The minimum absolute atomic E-state index is 0.0245. The molecular formula is C17H12Cl2N4O2. The number of nitrogens with zero attached hydrogens (tertiary/aromatic N) is 2. The van der Waals surface area contributed by atoms with Crippen LogP contribution in [0.15, 0.2) is 42.5 Å². The Morgan fingerprint density at radius 2 is 1.92 bits per heavy atom. The minimum Gasteiger partial charge on any atom is -0.326 e. The summed E-state index contributed by atoms with van der Waals surface area (Å²) in [5.41, 5.74) is 2.06. The van der Waals surface area contributed by atoms with Crippen LogP contribution in [0.3, 0.4) is 0 Å². The Kier molecular flexibility index (Phi) is 3.86. The predicted molar refractivity (Wildman–Crippen MR) is 97.1 cm³/mol. The van der Waals surface area contributed by atoms with Crippen LogP contribution in [-0.4, -0.2) is 21.4 Å². The average molecular weight is 375 g/mol. The monoisotopic (exact) mass is 374 g/mol. The van der Waals surface area contributed by atoms with Crippen LogP contribution in [-0.2, 0) is 9.59 Å². The molecule has 0 spiro atoms. The van der Waals surface area contributed by atoms with Crippen molar-refractivity contribution >= 4 is 57.7 Å². The number of para-hydroxylation sites is 2. The highest BCUT2D eigenvalue weighted by Crippen LogP contribution is 2.32. The summed E-state index contributed by atoms with van der Waals surface area (Å²) >= 11 is 11.9. The molecule has 1 atom stereocenters. The number of anilines is 2.